The van der Waals surface area contributed by atoms with E-state index in [-0.39, 0.29) is 11.7 Å². The molecule has 1 amide bonds. The number of amides is 1. The third kappa shape index (κ3) is 3.76. The summed E-state index contributed by atoms with van der Waals surface area (Å²) in [6.07, 6.45) is 0. The summed E-state index contributed by atoms with van der Waals surface area (Å²) in [5, 5.41) is 1.14. The number of rotatable bonds is 3. The van der Waals surface area contributed by atoms with Gasteiger partial charge in [0.25, 0.3) is 5.91 Å². The molecular formula is C17H20FN3OS. The van der Waals surface area contributed by atoms with Gasteiger partial charge in [-0.25, -0.2) is 9.37 Å². The Morgan fingerprint density at radius 2 is 1.83 bits per heavy atom. The van der Waals surface area contributed by atoms with E-state index in [0.29, 0.717) is 18.7 Å². The Kier molecular flexibility index (Phi) is 4.73. The van der Waals surface area contributed by atoms with Crippen LogP contribution in [0.5, 0.6) is 0 Å². The summed E-state index contributed by atoms with van der Waals surface area (Å²) >= 11 is 1.74. The van der Waals surface area contributed by atoms with Crippen molar-refractivity contribution < 1.29 is 9.18 Å². The van der Waals surface area contributed by atoms with Crippen molar-refractivity contribution in [1.29, 1.82) is 0 Å². The first-order valence-electron chi connectivity index (χ1n) is 7.73. The molecule has 0 saturated carbocycles. The van der Waals surface area contributed by atoms with Crippen LogP contribution in [0.1, 0.15) is 25.9 Å². The lowest BCUT2D eigenvalue weighted by molar-refractivity contribution is 0.0628. The molecule has 122 valence electrons. The summed E-state index contributed by atoms with van der Waals surface area (Å²) in [7, 11) is 0. The van der Waals surface area contributed by atoms with Crippen molar-refractivity contribution in [2.45, 2.75) is 20.4 Å². The first-order valence-corrected chi connectivity index (χ1v) is 8.54. The van der Waals surface area contributed by atoms with Crippen LogP contribution in [0.3, 0.4) is 0 Å². The number of benzene rings is 1. The highest BCUT2D eigenvalue weighted by Gasteiger charge is 2.22. The van der Waals surface area contributed by atoms with Crippen molar-refractivity contribution in [2.24, 2.45) is 0 Å². The smallest absolute Gasteiger partial charge is 0.253 e. The zero-order valence-electron chi connectivity index (χ0n) is 13.4. The van der Waals surface area contributed by atoms with E-state index in [0.717, 1.165) is 30.3 Å². The maximum Gasteiger partial charge on any atom is 0.253 e. The van der Waals surface area contributed by atoms with Crippen LogP contribution in [-0.4, -0.2) is 46.9 Å². The number of carbonyl (C=O) groups excluding carboxylic acids is 1. The fraction of sp³-hybridized carbons (Fsp3) is 0.412. The van der Waals surface area contributed by atoms with E-state index >= 15 is 0 Å². The Hall–Kier alpha value is -1.79. The van der Waals surface area contributed by atoms with Gasteiger partial charge in [-0.15, -0.1) is 11.3 Å². The number of aryl methyl sites for hydroxylation is 2. The van der Waals surface area contributed by atoms with E-state index in [9.17, 15) is 9.18 Å². The minimum Gasteiger partial charge on any atom is -0.336 e. The van der Waals surface area contributed by atoms with Gasteiger partial charge in [0.05, 0.1) is 12.2 Å². The van der Waals surface area contributed by atoms with Crippen molar-refractivity contribution in [3.05, 3.63) is 51.2 Å². The van der Waals surface area contributed by atoms with Crippen LogP contribution in [0.2, 0.25) is 0 Å². The Labute approximate surface area is 139 Å². The number of thiazole rings is 1. The molecule has 0 radical (unpaired) electrons. The molecule has 1 aromatic carbocycles. The molecule has 0 bridgehead atoms. The van der Waals surface area contributed by atoms with Gasteiger partial charge in [0, 0.05) is 36.6 Å². The molecule has 0 atom stereocenters. The standard InChI is InChI=1S/C17H20FN3OS/c1-12-13(2)23-16(19-12)11-20-7-9-21(10-8-20)17(22)14-3-5-15(18)6-4-14/h3-6H,7-11H2,1-2H3. The van der Waals surface area contributed by atoms with Gasteiger partial charge in [0.1, 0.15) is 10.8 Å². The summed E-state index contributed by atoms with van der Waals surface area (Å²) in [6, 6.07) is 5.75. The van der Waals surface area contributed by atoms with Gasteiger partial charge in [0.15, 0.2) is 0 Å². The van der Waals surface area contributed by atoms with Gasteiger partial charge in [-0.05, 0) is 38.1 Å². The molecule has 1 aromatic heterocycles. The van der Waals surface area contributed by atoms with Crippen molar-refractivity contribution in [3.63, 3.8) is 0 Å². The molecule has 6 heteroatoms. The lowest BCUT2D eigenvalue weighted by Gasteiger charge is -2.34. The van der Waals surface area contributed by atoms with E-state index in [1.165, 1.54) is 17.0 Å². The summed E-state index contributed by atoms with van der Waals surface area (Å²) in [5.41, 5.74) is 1.65. The summed E-state index contributed by atoms with van der Waals surface area (Å²) in [6.45, 7) is 8.04. The number of hydrogen-bond donors (Lipinski definition) is 0. The largest absolute Gasteiger partial charge is 0.336 e. The molecule has 0 N–H and O–H groups in total. The number of nitrogens with zero attached hydrogens (tertiary/aromatic N) is 3. The van der Waals surface area contributed by atoms with Crippen LogP contribution in [0.15, 0.2) is 24.3 Å². The minimum absolute atomic E-state index is 0.0226. The van der Waals surface area contributed by atoms with Gasteiger partial charge in [-0.3, -0.25) is 9.69 Å². The molecule has 0 spiro atoms. The third-order valence-corrected chi connectivity index (χ3v) is 5.24. The average molecular weight is 333 g/mol. The quantitative estimate of drug-likeness (QED) is 0.867. The lowest BCUT2D eigenvalue weighted by Crippen LogP contribution is -2.48. The lowest BCUT2D eigenvalue weighted by atomic mass is 10.2. The Balaban J connectivity index is 1.55. The highest BCUT2D eigenvalue weighted by molar-refractivity contribution is 7.11. The number of carbonyl (C=O) groups is 1. The second-order valence-corrected chi connectivity index (χ2v) is 7.11. The molecule has 3 rings (SSSR count). The Morgan fingerprint density at radius 3 is 2.39 bits per heavy atom. The molecule has 4 nitrogen and oxygen atoms in total. The molecule has 23 heavy (non-hydrogen) atoms. The van der Waals surface area contributed by atoms with E-state index < -0.39 is 0 Å². The fourth-order valence-corrected chi connectivity index (χ4v) is 3.66. The molecule has 2 aromatic rings. The second kappa shape index (κ2) is 6.76. The van der Waals surface area contributed by atoms with Gasteiger partial charge in [-0.1, -0.05) is 0 Å². The van der Waals surface area contributed by atoms with Crippen molar-refractivity contribution in [3.8, 4) is 0 Å². The molecule has 0 unspecified atom stereocenters. The monoisotopic (exact) mass is 333 g/mol. The summed E-state index contributed by atoms with van der Waals surface area (Å²) in [4.78, 5) is 22.4. The van der Waals surface area contributed by atoms with Crippen LogP contribution in [-0.2, 0) is 6.54 Å². The van der Waals surface area contributed by atoms with Gasteiger partial charge >= 0.3 is 0 Å². The Morgan fingerprint density at radius 1 is 1.17 bits per heavy atom. The normalized spacial score (nSPS) is 15.9. The van der Waals surface area contributed by atoms with Gasteiger partial charge in [-0.2, -0.15) is 0 Å². The predicted octanol–water partition coefficient (Wildman–Crippen LogP) is 2.86. The SMILES string of the molecule is Cc1nc(CN2CCN(C(=O)c3ccc(F)cc3)CC2)sc1C. The molecule has 1 fully saturated rings. The van der Waals surface area contributed by atoms with Crippen LogP contribution in [0.25, 0.3) is 0 Å². The van der Waals surface area contributed by atoms with E-state index in [2.05, 4.69) is 16.8 Å². The van der Waals surface area contributed by atoms with E-state index in [1.807, 2.05) is 11.8 Å². The summed E-state index contributed by atoms with van der Waals surface area (Å²) in [5.74, 6) is -0.342. The van der Waals surface area contributed by atoms with Crippen molar-refractivity contribution in [2.75, 3.05) is 26.2 Å². The first kappa shape index (κ1) is 16.1. The van der Waals surface area contributed by atoms with Crippen LogP contribution < -0.4 is 0 Å². The molecule has 2 heterocycles. The van der Waals surface area contributed by atoms with Crippen LogP contribution >= 0.6 is 11.3 Å². The molecule has 1 aliphatic heterocycles. The first-order chi connectivity index (χ1) is 11.0. The number of piperazine rings is 1. The van der Waals surface area contributed by atoms with Crippen LogP contribution in [0, 0.1) is 19.7 Å². The zero-order valence-corrected chi connectivity index (χ0v) is 14.2. The molecule has 1 saturated heterocycles. The van der Waals surface area contributed by atoms with Crippen molar-refractivity contribution >= 4 is 17.2 Å². The van der Waals surface area contributed by atoms with E-state index in [4.69, 9.17) is 0 Å². The van der Waals surface area contributed by atoms with Crippen molar-refractivity contribution in [1.82, 2.24) is 14.8 Å². The number of halogens is 1. The fourth-order valence-electron chi connectivity index (χ4n) is 2.68. The highest BCUT2D eigenvalue weighted by Crippen LogP contribution is 2.19. The summed E-state index contributed by atoms with van der Waals surface area (Å²) < 4.78 is 12.9. The maximum atomic E-state index is 12.9. The third-order valence-electron chi connectivity index (χ3n) is 4.18. The van der Waals surface area contributed by atoms with Gasteiger partial charge < -0.3 is 4.90 Å². The average Bonchev–Trinajstić information content (AvgIpc) is 2.86. The van der Waals surface area contributed by atoms with Crippen LogP contribution in [0.4, 0.5) is 4.39 Å². The zero-order chi connectivity index (χ0) is 16.4. The topological polar surface area (TPSA) is 36.4 Å². The van der Waals surface area contributed by atoms with E-state index in [1.54, 1.807) is 23.5 Å². The molecule has 0 aliphatic carbocycles. The molecular weight excluding hydrogens is 313 g/mol. The second-order valence-electron chi connectivity index (χ2n) is 5.82. The Bertz CT molecular complexity index is 671. The number of hydrogen-bond acceptors (Lipinski definition) is 4. The predicted molar refractivity (Wildman–Crippen MR) is 89.2 cm³/mol. The number of aromatic nitrogens is 1. The minimum atomic E-state index is -0.319. The highest BCUT2D eigenvalue weighted by atomic mass is 32.1. The van der Waals surface area contributed by atoms with Gasteiger partial charge in [0.2, 0.25) is 0 Å². The molecule has 1 aliphatic rings. The maximum absolute atomic E-state index is 12.9.